The van der Waals surface area contributed by atoms with Gasteiger partial charge >= 0.3 is 5.97 Å². The molecule has 6 nitrogen and oxygen atoms in total. The van der Waals surface area contributed by atoms with Crippen molar-refractivity contribution in [1.82, 2.24) is 4.98 Å². The van der Waals surface area contributed by atoms with Gasteiger partial charge in [0.1, 0.15) is 11.6 Å². The van der Waals surface area contributed by atoms with Gasteiger partial charge in [0.05, 0.1) is 12.2 Å². The van der Waals surface area contributed by atoms with Crippen molar-refractivity contribution in [3.8, 4) is 5.75 Å². The number of aryl methyl sites for hydroxylation is 1. The Balaban J connectivity index is 1.91. The number of rotatable bonds is 6. The highest BCUT2D eigenvalue weighted by atomic mass is 16.5. The molecule has 0 radical (unpaired) electrons. The fraction of sp³-hybridized carbons (Fsp3) is 0.235. The van der Waals surface area contributed by atoms with E-state index in [4.69, 9.17) is 9.47 Å². The van der Waals surface area contributed by atoms with E-state index in [2.05, 4.69) is 10.3 Å². The zero-order valence-corrected chi connectivity index (χ0v) is 13.0. The molecule has 0 saturated heterocycles. The van der Waals surface area contributed by atoms with Gasteiger partial charge in [-0.05, 0) is 38.1 Å². The van der Waals surface area contributed by atoms with Crippen LogP contribution in [0.5, 0.6) is 5.75 Å². The lowest BCUT2D eigenvalue weighted by Gasteiger charge is -2.08. The van der Waals surface area contributed by atoms with Crippen LogP contribution in [0.15, 0.2) is 42.6 Å². The summed E-state index contributed by atoms with van der Waals surface area (Å²) in [6, 6.07) is 10.4. The number of aromatic nitrogens is 1. The van der Waals surface area contributed by atoms with Crippen LogP contribution in [-0.2, 0) is 9.53 Å². The van der Waals surface area contributed by atoms with E-state index in [1.807, 2.05) is 19.1 Å². The second kappa shape index (κ2) is 7.93. The number of carbonyl (C=O) groups is 2. The molecule has 120 valence electrons. The van der Waals surface area contributed by atoms with Crippen LogP contribution in [0.2, 0.25) is 0 Å². The number of hydrogen-bond donors (Lipinski definition) is 1. The maximum Gasteiger partial charge on any atom is 0.338 e. The van der Waals surface area contributed by atoms with Crippen LogP contribution in [0.1, 0.15) is 22.8 Å². The van der Waals surface area contributed by atoms with E-state index in [1.54, 1.807) is 19.1 Å². The highest BCUT2D eigenvalue weighted by molar-refractivity contribution is 5.94. The van der Waals surface area contributed by atoms with Gasteiger partial charge in [0.2, 0.25) is 0 Å². The molecule has 1 aromatic heterocycles. The summed E-state index contributed by atoms with van der Waals surface area (Å²) in [7, 11) is 0. The molecule has 0 atom stereocenters. The van der Waals surface area contributed by atoms with Crippen LogP contribution in [0.25, 0.3) is 0 Å². The molecular weight excluding hydrogens is 296 g/mol. The van der Waals surface area contributed by atoms with E-state index >= 15 is 0 Å². The van der Waals surface area contributed by atoms with E-state index in [-0.39, 0.29) is 24.9 Å². The number of anilines is 1. The lowest BCUT2D eigenvalue weighted by Crippen LogP contribution is -2.21. The van der Waals surface area contributed by atoms with Crippen molar-refractivity contribution in [3.63, 3.8) is 0 Å². The Hall–Kier alpha value is -2.89. The van der Waals surface area contributed by atoms with E-state index < -0.39 is 5.97 Å². The highest BCUT2D eigenvalue weighted by Gasteiger charge is 2.10. The third-order valence-corrected chi connectivity index (χ3v) is 2.93. The maximum atomic E-state index is 11.9. The van der Waals surface area contributed by atoms with Crippen LogP contribution in [-0.4, -0.2) is 30.1 Å². The summed E-state index contributed by atoms with van der Waals surface area (Å²) in [6.45, 7) is 3.84. The van der Waals surface area contributed by atoms with Gasteiger partial charge in [0.15, 0.2) is 6.61 Å². The molecule has 23 heavy (non-hydrogen) atoms. The van der Waals surface area contributed by atoms with Crippen LogP contribution in [0.4, 0.5) is 5.82 Å². The maximum absolute atomic E-state index is 11.9. The predicted molar refractivity (Wildman–Crippen MR) is 85.5 cm³/mol. The van der Waals surface area contributed by atoms with Gasteiger partial charge in [-0.1, -0.05) is 17.7 Å². The molecule has 6 heteroatoms. The Bertz CT molecular complexity index is 683. The van der Waals surface area contributed by atoms with Gasteiger partial charge in [-0.2, -0.15) is 0 Å². The lowest BCUT2D eigenvalue weighted by atomic mass is 10.2. The fourth-order valence-electron chi connectivity index (χ4n) is 1.80. The van der Waals surface area contributed by atoms with Crippen molar-refractivity contribution in [2.45, 2.75) is 13.8 Å². The Labute approximate surface area is 134 Å². The zero-order valence-electron chi connectivity index (χ0n) is 13.0. The average Bonchev–Trinajstić information content (AvgIpc) is 2.55. The first kappa shape index (κ1) is 16.5. The molecule has 0 fully saturated rings. The number of pyridine rings is 1. The van der Waals surface area contributed by atoms with Crippen molar-refractivity contribution in [2.24, 2.45) is 0 Å². The number of esters is 1. The zero-order chi connectivity index (χ0) is 16.7. The molecule has 1 N–H and O–H groups in total. The Morgan fingerprint density at radius 3 is 2.61 bits per heavy atom. The minimum Gasteiger partial charge on any atom is -0.484 e. The molecule has 0 aliphatic heterocycles. The smallest absolute Gasteiger partial charge is 0.338 e. The third-order valence-electron chi connectivity index (χ3n) is 2.93. The first-order chi connectivity index (χ1) is 11.1. The third kappa shape index (κ3) is 5.10. The Morgan fingerprint density at radius 1 is 1.17 bits per heavy atom. The van der Waals surface area contributed by atoms with E-state index in [1.165, 1.54) is 18.3 Å². The van der Waals surface area contributed by atoms with Gasteiger partial charge in [0, 0.05) is 6.20 Å². The number of benzene rings is 1. The van der Waals surface area contributed by atoms with Gasteiger partial charge in [-0.15, -0.1) is 0 Å². The standard InChI is InChI=1S/C17H18N2O4/c1-3-22-17(21)13-8-9-18-15(10-13)19-16(20)11-23-14-6-4-12(2)5-7-14/h4-10H,3,11H2,1-2H3,(H,18,19,20). The second-order valence-corrected chi connectivity index (χ2v) is 4.80. The number of amides is 1. The van der Waals surface area contributed by atoms with Gasteiger partial charge in [0.25, 0.3) is 5.91 Å². The van der Waals surface area contributed by atoms with E-state index in [0.717, 1.165) is 5.56 Å². The molecule has 0 aliphatic rings. The second-order valence-electron chi connectivity index (χ2n) is 4.80. The minimum absolute atomic E-state index is 0.144. The van der Waals surface area contributed by atoms with Crippen molar-refractivity contribution in [1.29, 1.82) is 0 Å². The molecule has 0 saturated carbocycles. The number of nitrogens with one attached hydrogen (secondary N) is 1. The summed E-state index contributed by atoms with van der Waals surface area (Å²) < 4.78 is 10.3. The van der Waals surface area contributed by atoms with Crippen molar-refractivity contribution in [3.05, 3.63) is 53.7 Å². The molecule has 0 spiro atoms. The molecule has 1 heterocycles. The Morgan fingerprint density at radius 2 is 1.91 bits per heavy atom. The summed E-state index contributed by atoms with van der Waals surface area (Å²) in [4.78, 5) is 27.5. The van der Waals surface area contributed by atoms with Crippen LogP contribution < -0.4 is 10.1 Å². The van der Waals surface area contributed by atoms with Crippen LogP contribution >= 0.6 is 0 Å². The van der Waals surface area contributed by atoms with Crippen molar-refractivity contribution in [2.75, 3.05) is 18.5 Å². The first-order valence-electron chi connectivity index (χ1n) is 7.21. The minimum atomic E-state index is -0.457. The molecule has 0 aliphatic carbocycles. The largest absolute Gasteiger partial charge is 0.484 e. The predicted octanol–water partition coefficient (Wildman–Crippen LogP) is 2.58. The fourth-order valence-corrected chi connectivity index (χ4v) is 1.80. The molecule has 0 unspecified atom stereocenters. The number of nitrogens with zero attached hydrogens (tertiary/aromatic N) is 1. The summed E-state index contributed by atoms with van der Waals surface area (Å²) in [5.41, 5.74) is 1.44. The molecule has 1 amide bonds. The summed E-state index contributed by atoms with van der Waals surface area (Å²) in [5, 5.41) is 2.58. The molecular formula is C17H18N2O4. The van der Waals surface area contributed by atoms with Crippen molar-refractivity contribution < 1.29 is 19.1 Å². The Kier molecular flexibility index (Phi) is 5.68. The topological polar surface area (TPSA) is 77.5 Å². The van der Waals surface area contributed by atoms with Crippen LogP contribution in [0, 0.1) is 6.92 Å². The van der Waals surface area contributed by atoms with Crippen LogP contribution in [0.3, 0.4) is 0 Å². The molecule has 1 aromatic carbocycles. The first-order valence-corrected chi connectivity index (χ1v) is 7.21. The molecule has 0 bridgehead atoms. The van der Waals surface area contributed by atoms with Crippen molar-refractivity contribution >= 4 is 17.7 Å². The van der Waals surface area contributed by atoms with E-state index in [0.29, 0.717) is 11.3 Å². The summed E-state index contributed by atoms with van der Waals surface area (Å²) in [5.74, 6) is 0.0624. The molecule has 2 aromatic rings. The lowest BCUT2D eigenvalue weighted by molar-refractivity contribution is -0.118. The average molecular weight is 314 g/mol. The number of carbonyl (C=O) groups excluding carboxylic acids is 2. The number of ether oxygens (including phenoxy) is 2. The van der Waals surface area contributed by atoms with E-state index in [9.17, 15) is 9.59 Å². The van der Waals surface area contributed by atoms with Gasteiger partial charge < -0.3 is 14.8 Å². The van der Waals surface area contributed by atoms with Gasteiger partial charge in [-0.25, -0.2) is 9.78 Å². The summed E-state index contributed by atoms with van der Waals surface area (Å²) >= 11 is 0. The highest BCUT2D eigenvalue weighted by Crippen LogP contribution is 2.12. The SMILES string of the molecule is CCOC(=O)c1ccnc(NC(=O)COc2ccc(C)cc2)c1. The quantitative estimate of drug-likeness (QED) is 0.829. The molecule has 2 rings (SSSR count). The summed E-state index contributed by atoms with van der Waals surface area (Å²) in [6.07, 6.45) is 1.43. The normalized spacial score (nSPS) is 10.0. The number of hydrogen-bond acceptors (Lipinski definition) is 5. The van der Waals surface area contributed by atoms with Gasteiger partial charge in [-0.3, -0.25) is 4.79 Å². The monoisotopic (exact) mass is 314 g/mol.